The molecule has 0 amide bonds. The molecule has 1 atom stereocenters. The van der Waals surface area contributed by atoms with Crippen molar-refractivity contribution in [2.24, 2.45) is 0 Å². The second-order valence-corrected chi connectivity index (χ2v) is 6.04. The van der Waals surface area contributed by atoms with Gasteiger partial charge in [0.05, 0.1) is 6.61 Å². The topological polar surface area (TPSA) is 35.5 Å². The first-order chi connectivity index (χ1) is 11.2. The van der Waals surface area contributed by atoms with Gasteiger partial charge in [-0.25, -0.2) is 0 Å². The number of para-hydroxylation sites is 1. The summed E-state index contributed by atoms with van der Waals surface area (Å²) < 4.78 is 11.2. The van der Waals surface area contributed by atoms with E-state index in [-0.39, 0.29) is 11.9 Å². The van der Waals surface area contributed by atoms with Crippen molar-refractivity contribution in [2.45, 2.75) is 39.0 Å². The quantitative estimate of drug-likeness (QED) is 0.633. The minimum absolute atomic E-state index is 0.221. The van der Waals surface area contributed by atoms with Crippen LogP contribution in [-0.4, -0.2) is 12.6 Å². The van der Waals surface area contributed by atoms with Gasteiger partial charge in [-0.2, -0.15) is 0 Å². The van der Waals surface area contributed by atoms with Gasteiger partial charge in [-0.1, -0.05) is 43.7 Å². The summed E-state index contributed by atoms with van der Waals surface area (Å²) in [4.78, 5) is 11.1. The molecule has 2 aromatic rings. The standard InChI is InChI=1S/C20H22O3/c1-3-6-17(13-22-14(2)21)15-9-10-20-18(11-15)12-16-7-4-5-8-19(16)23-20/h4-5,7-11,17H,3,6,12-13H2,1-2H3. The van der Waals surface area contributed by atoms with E-state index in [9.17, 15) is 4.79 Å². The molecule has 0 saturated heterocycles. The van der Waals surface area contributed by atoms with E-state index < -0.39 is 0 Å². The van der Waals surface area contributed by atoms with Crippen LogP contribution in [0.5, 0.6) is 11.5 Å². The minimum atomic E-state index is -0.221. The second-order valence-electron chi connectivity index (χ2n) is 6.04. The van der Waals surface area contributed by atoms with Gasteiger partial charge in [0.25, 0.3) is 0 Å². The number of rotatable bonds is 5. The molecular weight excluding hydrogens is 288 g/mol. The van der Waals surface area contributed by atoms with Crippen molar-refractivity contribution in [3.63, 3.8) is 0 Å². The van der Waals surface area contributed by atoms with Crippen LogP contribution in [-0.2, 0) is 16.0 Å². The van der Waals surface area contributed by atoms with Gasteiger partial charge >= 0.3 is 5.97 Å². The molecule has 0 saturated carbocycles. The van der Waals surface area contributed by atoms with Crippen molar-refractivity contribution in [1.82, 2.24) is 0 Å². The minimum Gasteiger partial charge on any atom is -0.465 e. The third-order valence-electron chi connectivity index (χ3n) is 4.25. The molecule has 1 heterocycles. The van der Waals surface area contributed by atoms with Gasteiger partial charge in [0.15, 0.2) is 0 Å². The molecule has 2 aromatic carbocycles. The molecule has 0 radical (unpaired) electrons. The van der Waals surface area contributed by atoms with Crippen LogP contribution in [0.1, 0.15) is 49.3 Å². The zero-order chi connectivity index (χ0) is 16.2. The lowest BCUT2D eigenvalue weighted by atomic mass is 9.91. The van der Waals surface area contributed by atoms with E-state index in [0.29, 0.717) is 6.61 Å². The lowest BCUT2D eigenvalue weighted by Gasteiger charge is -2.23. The number of carbonyl (C=O) groups excluding carboxylic acids is 1. The summed E-state index contributed by atoms with van der Waals surface area (Å²) >= 11 is 0. The summed E-state index contributed by atoms with van der Waals surface area (Å²) in [6.07, 6.45) is 2.94. The molecule has 0 fully saturated rings. The highest BCUT2D eigenvalue weighted by Gasteiger charge is 2.19. The predicted octanol–water partition coefficient (Wildman–Crippen LogP) is 4.83. The molecule has 120 valence electrons. The average molecular weight is 310 g/mol. The average Bonchev–Trinajstić information content (AvgIpc) is 2.56. The highest BCUT2D eigenvalue weighted by Crippen LogP contribution is 2.38. The van der Waals surface area contributed by atoms with Crippen molar-refractivity contribution >= 4 is 5.97 Å². The molecule has 1 aliphatic rings. The summed E-state index contributed by atoms with van der Waals surface area (Å²) in [5, 5.41) is 0. The van der Waals surface area contributed by atoms with E-state index >= 15 is 0 Å². The highest BCUT2D eigenvalue weighted by molar-refractivity contribution is 5.66. The lowest BCUT2D eigenvalue weighted by Crippen LogP contribution is -2.12. The summed E-state index contributed by atoms with van der Waals surface area (Å²) in [6.45, 7) is 4.05. The summed E-state index contributed by atoms with van der Waals surface area (Å²) in [5.41, 5.74) is 3.63. The fourth-order valence-corrected chi connectivity index (χ4v) is 3.08. The molecule has 3 nitrogen and oxygen atoms in total. The largest absolute Gasteiger partial charge is 0.465 e. The van der Waals surface area contributed by atoms with Crippen molar-refractivity contribution in [2.75, 3.05) is 6.61 Å². The molecule has 1 unspecified atom stereocenters. The van der Waals surface area contributed by atoms with E-state index in [4.69, 9.17) is 9.47 Å². The van der Waals surface area contributed by atoms with E-state index in [0.717, 1.165) is 30.8 Å². The fraction of sp³-hybridized carbons (Fsp3) is 0.350. The molecule has 0 aromatic heterocycles. The Bertz CT molecular complexity index is 706. The smallest absolute Gasteiger partial charge is 0.302 e. The monoisotopic (exact) mass is 310 g/mol. The Morgan fingerprint density at radius 1 is 1.17 bits per heavy atom. The van der Waals surface area contributed by atoms with E-state index in [1.165, 1.54) is 23.6 Å². The third-order valence-corrected chi connectivity index (χ3v) is 4.25. The van der Waals surface area contributed by atoms with Gasteiger partial charge in [0.2, 0.25) is 0 Å². The van der Waals surface area contributed by atoms with Gasteiger partial charge < -0.3 is 9.47 Å². The van der Waals surface area contributed by atoms with Gasteiger partial charge in [-0.3, -0.25) is 4.79 Å². The first-order valence-corrected chi connectivity index (χ1v) is 8.19. The second kappa shape index (κ2) is 6.86. The van der Waals surface area contributed by atoms with E-state index in [1.807, 2.05) is 24.3 Å². The Balaban J connectivity index is 1.84. The van der Waals surface area contributed by atoms with Crippen molar-refractivity contribution in [3.8, 4) is 11.5 Å². The highest BCUT2D eigenvalue weighted by atomic mass is 16.5. The molecule has 0 bridgehead atoms. The van der Waals surface area contributed by atoms with Crippen LogP contribution in [0.15, 0.2) is 42.5 Å². The SMILES string of the molecule is CCCC(COC(C)=O)c1ccc2c(c1)Cc1ccccc1O2. The van der Waals surface area contributed by atoms with Crippen LogP contribution in [0.3, 0.4) is 0 Å². The van der Waals surface area contributed by atoms with Gasteiger partial charge in [-0.05, 0) is 35.2 Å². The fourth-order valence-electron chi connectivity index (χ4n) is 3.08. The predicted molar refractivity (Wildman–Crippen MR) is 90.0 cm³/mol. The Kier molecular flexibility index (Phi) is 4.65. The zero-order valence-corrected chi connectivity index (χ0v) is 13.7. The van der Waals surface area contributed by atoms with E-state index in [1.54, 1.807) is 0 Å². The molecule has 0 N–H and O–H groups in total. The number of esters is 1. The third kappa shape index (κ3) is 3.55. The van der Waals surface area contributed by atoms with Crippen molar-refractivity contribution in [1.29, 1.82) is 0 Å². The molecule has 3 heteroatoms. The molecule has 23 heavy (non-hydrogen) atoms. The van der Waals surface area contributed by atoms with E-state index in [2.05, 4.69) is 25.1 Å². The first kappa shape index (κ1) is 15.6. The number of hydrogen-bond acceptors (Lipinski definition) is 3. The Hall–Kier alpha value is -2.29. The Morgan fingerprint density at radius 3 is 2.74 bits per heavy atom. The summed E-state index contributed by atoms with van der Waals surface area (Å²) in [7, 11) is 0. The lowest BCUT2D eigenvalue weighted by molar-refractivity contribution is -0.141. The number of hydrogen-bond donors (Lipinski definition) is 0. The van der Waals surface area contributed by atoms with Crippen LogP contribution >= 0.6 is 0 Å². The van der Waals surface area contributed by atoms with Crippen LogP contribution in [0.4, 0.5) is 0 Å². The van der Waals surface area contributed by atoms with Crippen molar-refractivity contribution in [3.05, 3.63) is 59.2 Å². The Labute approximate surface area is 137 Å². The summed E-state index contributed by atoms with van der Waals surface area (Å²) in [5.74, 6) is 1.89. The van der Waals surface area contributed by atoms with Crippen LogP contribution < -0.4 is 4.74 Å². The van der Waals surface area contributed by atoms with Gasteiger partial charge in [0, 0.05) is 19.3 Å². The molecule has 0 aliphatic carbocycles. The normalized spacial score (nSPS) is 13.5. The maximum Gasteiger partial charge on any atom is 0.302 e. The molecule has 0 spiro atoms. The Morgan fingerprint density at radius 2 is 1.96 bits per heavy atom. The number of ether oxygens (including phenoxy) is 2. The maximum atomic E-state index is 11.1. The van der Waals surface area contributed by atoms with Crippen LogP contribution in [0, 0.1) is 0 Å². The number of benzene rings is 2. The van der Waals surface area contributed by atoms with Crippen LogP contribution in [0.25, 0.3) is 0 Å². The molecular formula is C20H22O3. The summed E-state index contributed by atoms with van der Waals surface area (Å²) in [6, 6.07) is 14.5. The zero-order valence-electron chi connectivity index (χ0n) is 13.7. The van der Waals surface area contributed by atoms with Gasteiger partial charge in [0.1, 0.15) is 11.5 Å². The molecule has 3 rings (SSSR count). The van der Waals surface area contributed by atoms with Crippen LogP contribution in [0.2, 0.25) is 0 Å². The first-order valence-electron chi connectivity index (χ1n) is 8.19. The maximum absolute atomic E-state index is 11.1. The molecule has 1 aliphatic heterocycles. The number of carbonyl (C=O) groups is 1. The van der Waals surface area contributed by atoms with Crippen molar-refractivity contribution < 1.29 is 14.3 Å². The van der Waals surface area contributed by atoms with Gasteiger partial charge in [-0.15, -0.1) is 0 Å². The number of fused-ring (bicyclic) bond motifs is 2.